The van der Waals surface area contributed by atoms with Gasteiger partial charge in [0.05, 0.1) is 6.26 Å². The molecule has 5 heteroatoms. The van der Waals surface area contributed by atoms with E-state index in [4.69, 9.17) is 9.41 Å². The average molecular weight is 324 g/mol. The summed E-state index contributed by atoms with van der Waals surface area (Å²) in [6, 6.07) is 16.5. The number of benzene rings is 2. The number of hydrogen-bond donors (Lipinski definition) is 1. The molecule has 0 fully saturated rings. The van der Waals surface area contributed by atoms with Crippen LogP contribution in [0.1, 0.15) is 17.3 Å². The second-order valence-corrected chi connectivity index (χ2v) is 6.03. The van der Waals surface area contributed by atoms with E-state index in [9.17, 15) is 4.39 Å². The van der Waals surface area contributed by atoms with Crippen LogP contribution in [-0.2, 0) is 0 Å². The van der Waals surface area contributed by atoms with E-state index in [-0.39, 0.29) is 12.0 Å². The first-order valence-electron chi connectivity index (χ1n) is 7.18. The largest absolute Gasteiger partial charge is 0.472 e. The van der Waals surface area contributed by atoms with Crippen LogP contribution in [0.3, 0.4) is 0 Å². The van der Waals surface area contributed by atoms with Crippen LogP contribution < -0.4 is 4.72 Å². The maximum atomic E-state index is 13.1. The molecule has 23 heavy (non-hydrogen) atoms. The van der Waals surface area contributed by atoms with Crippen LogP contribution in [0.2, 0.25) is 0 Å². The van der Waals surface area contributed by atoms with Gasteiger partial charge >= 0.3 is 0 Å². The van der Waals surface area contributed by atoms with E-state index in [1.807, 2.05) is 24.3 Å². The van der Waals surface area contributed by atoms with Gasteiger partial charge in [0.15, 0.2) is 0 Å². The Morgan fingerprint density at radius 3 is 2.65 bits per heavy atom. The molecule has 0 amide bonds. The lowest BCUT2D eigenvalue weighted by molar-refractivity contribution is 0.567. The van der Waals surface area contributed by atoms with E-state index >= 15 is 0 Å². The van der Waals surface area contributed by atoms with E-state index in [1.54, 1.807) is 24.7 Å². The van der Waals surface area contributed by atoms with Gasteiger partial charge in [0, 0.05) is 5.56 Å². The summed E-state index contributed by atoms with van der Waals surface area (Å²) < 4.78 is 21.5. The van der Waals surface area contributed by atoms with Gasteiger partial charge in [0.2, 0.25) is 0 Å². The summed E-state index contributed by atoms with van der Waals surface area (Å²) in [4.78, 5) is 4.70. The van der Waals surface area contributed by atoms with Crippen LogP contribution in [0.4, 0.5) is 4.39 Å². The summed E-state index contributed by atoms with van der Waals surface area (Å²) in [5, 5.41) is 0.913. The number of halogens is 1. The Kier molecular flexibility index (Phi) is 3.73. The minimum atomic E-state index is -0.229. The normalized spacial score (nSPS) is 17.3. The number of rotatable bonds is 3. The van der Waals surface area contributed by atoms with E-state index in [0.717, 1.165) is 27.3 Å². The molecule has 0 saturated carbocycles. The lowest BCUT2D eigenvalue weighted by atomic mass is 10.0. The number of aliphatic imine (C=N–C) groups is 1. The Hall–Kier alpha value is -2.37. The molecule has 0 saturated heterocycles. The van der Waals surface area contributed by atoms with Gasteiger partial charge in [0.25, 0.3) is 0 Å². The van der Waals surface area contributed by atoms with Crippen molar-refractivity contribution in [1.29, 1.82) is 0 Å². The maximum absolute atomic E-state index is 13.1. The molecule has 3 nitrogen and oxygen atoms in total. The summed E-state index contributed by atoms with van der Waals surface area (Å²) in [6.45, 7) is 0. The third-order valence-electron chi connectivity index (χ3n) is 3.66. The smallest absolute Gasteiger partial charge is 0.136 e. The zero-order chi connectivity index (χ0) is 15.6. The highest BCUT2D eigenvalue weighted by Gasteiger charge is 2.21. The second kappa shape index (κ2) is 6.02. The molecule has 1 atom stereocenters. The number of hydrogen-bond acceptors (Lipinski definition) is 4. The lowest BCUT2D eigenvalue weighted by Crippen LogP contribution is -2.06. The van der Waals surface area contributed by atoms with Crippen molar-refractivity contribution >= 4 is 17.0 Å². The molecule has 1 N–H and O–H groups in total. The zero-order valence-electron chi connectivity index (χ0n) is 12.1. The van der Waals surface area contributed by atoms with Crippen molar-refractivity contribution in [3.05, 3.63) is 84.1 Å². The average Bonchev–Trinajstić information content (AvgIpc) is 3.27. The highest BCUT2D eigenvalue weighted by molar-refractivity contribution is 8.13. The number of furan rings is 1. The molecule has 3 aromatic rings. The zero-order valence-corrected chi connectivity index (χ0v) is 12.9. The van der Waals surface area contributed by atoms with Crippen LogP contribution in [0.15, 0.2) is 76.5 Å². The molecular formula is C18H13FN2OS. The van der Waals surface area contributed by atoms with Crippen molar-refractivity contribution in [2.75, 3.05) is 0 Å². The molecular weight excluding hydrogens is 311 g/mol. The molecule has 0 radical (unpaired) electrons. The van der Waals surface area contributed by atoms with Crippen LogP contribution in [0.25, 0.3) is 11.1 Å². The number of nitrogens with one attached hydrogen (secondary N) is 1. The van der Waals surface area contributed by atoms with Gasteiger partial charge in [-0.15, -0.1) is 0 Å². The van der Waals surface area contributed by atoms with Crippen LogP contribution >= 0.6 is 11.9 Å². The van der Waals surface area contributed by atoms with Crippen molar-refractivity contribution in [3.8, 4) is 11.1 Å². The summed E-state index contributed by atoms with van der Waals surface area (Å²) >= 11 is 1.50. The summed E-state index contributed by atoms with van der Waals surface area (Å²) in [6.07, 6.45) is 3.22. The molecule has 4 rings (SSSR count). The molecule has 2 aromatic carbocycles. The first kappa shape index (κ1) is 14.2. The lowest BCUT2D eigenvalue weighted by Gasteiger charge is -2.09. The van der Waals surface area contributed by atoms with Crippen molar-refractivity contribution in [2.45, 2.75) is 6.17 Å². The molecule has 1 aliphatic rings. The van der Waals surface area contributed by atoms with Gasteiger partial charge in [-0.3, -0.25) is 4.99 Å². The van der Waals surface area contributed by atoms with Gasteiger partial charge in [-0.2, -0.15) is 0 Å². The Balaban J connectivity index is 1.63. The van der Waals surface area contributed by atoms with E-state index in [0.29, 0.717) is 0 Å². The molecule has 1 aliphatic heterocycles. The fourth-order valence-electron chi connectivity index (χ4n) is 2.47. The van der Waals surface area contributed by atoms with E-state index in [2.05, 4.69) is 10.8 Å². The molecule has 0 aliphatic carbocycles. The fourth-order valence-corrected chi connectivity index (χ4v) is 3.28. The third-order valence-corrected chi connectivity index (χ3v) is 4.54. The minimum Gasteiger partial charge on any atom is -0.472 e. The quantitative estimate of drug-likeness (QED) is 0.704. The van der Waals surface area contributed by atoms with Gasteiger partial charge in [-0.05, 0) is 52.9 Å². The Bertz CT molecular complexity index is 844. The Morgan fingerprint density at radius 2 is 1.87 bits per heavy atom. The first-order valence-corrected chi connectivity index (χ1v) is 8.00. The maximum Gasteiger partial charge on any atom is 0.136 e. The standard InChI is InChI=1S/C18H13FN2OS/c19-16-6-4-12(5-7-16)13-2-1-3-14(10-13)17-20-18(23-21-17)15-8-9-22-11-15/h1-11,17,21H. The van der Waals surface area contributed by atoms with Crippen molar-refractivity contribution < 1.29 is 8.81 Å². The molecule has 0 bridgehead atoms. The summed E-state index contributed by atoms with van der Waals surface area (Å²) in [7, 11) is 0. The number of nitrogens with zero attached hydrogens (tertiary/aromatic N) is 1. The Labute approximate surface area is 137 Å². The highest BCUT2D eigenvalue weighted by Crippen LogP contribution is 2.30. The summed E-state index contributed by atoms with van der Waals surface area (Å²) in [5.41, 5.74) is 4.07. The molecule has 1 unspecified atom stereocenters. The Morgan fingerprint density at radius 1 is 1.00 bits per heavy atom. The van der Waals surface area contributed by atoms with Gasteiger partial charge in [-0.1, -0.05) is 30.3 Å². The van der Waals surface area contributed by atoms with Crippen molar-refractivity contribution in [1.82, 2.24) is 4.72 Å². The van der Waals surface area contributed by atoms with Crippen molar-refractivity contribution in [3.63, 3.8) is 0 Å². The monoisotopic (exact) mass is 324 g/mol. The highest BCUT2D eigenvalue weighted by atomic mass is 32.2. The molecule has 0 spiro atoms. The SMILES string of the molecule is Fc1ccc(-c2cccc(C3N=C(c4ccoc4)SN3)c2)cc1. The van der Waals surface area contributed by atoms with E-state index in [1.165, 1.54) is 24.1 Å². The molecule has 114 valence electrons. The molecule has 1 aromatic heterocycles. The van der Waals surface area contributed by atoms with E-state index < -0.39 is 0 Å². The van der Waals surface area contributed by atoms with Crippen LogP contribution in [0, 0.1) is 5.82 Å². The third kappa shape index (κ3) is 2.93. The minimum absolute atomic E-state index is 0.106. The van der Waals surface area contributed by atoms with Gasteiger partial charge in [0.1, 0.15) is 23.3 Å². The van der Waals surface area contributed by atoms with Crippen molar-refractivity contribution in [2.24, 2.45) is 4.99 Å². The van der Waals surface area contributed by atoms with Gasteiger partial charge in [-0.25, -0.2) is 9.11 Å². The molecule has 2 heterocycles. The summed E-state index contributed by atoms with van der Waals surface area (Å²) in [5.74, 6) is -0.229. The fraction of sp³-hybridized carbons (Fsp3) is 0.0556. The second-order valence-electron chi connectivity index (χ2n) is 5.20. The predicted molar refractivity (Wildman–Crippen MR) is 90.5 cm³/mol. The van der Waals surface area contributed by atoms with Crippen LogP contribution in [0.5, 0.6) is 0 Å². The van der Waals surface area contributed by atoms with Gasteiger partial charge < -0.3 is 4.42 Å². The topological polar surface area (TPSA) is 37.5 Å². The first-order chi connectivity index (χ1) is 11.3. The predicted octanol–water partition coefficient (Wildman–Crippen LogP) is 4.78. The van der Waals surface area contributed by atoms with Crippen LogP contribution in [-0.4, -0.2) is 5.04 Å².